The van der Waals surface area contributed by atoms with Crippen LogP contribution in [0.25, 0.3) is 11.2 Å². The van der Waals surface area contributed by atoms with Crippen LogP contribution >= 0.6 is 0 Å². The molecule has 1 amide bonds. The highest BCUT2D eigenvalue weighted by Gasteiger charge is 2.36. The van der Waals surface area contributed by atoms with Gasteiger partial charge in [0.25, 0.3) is 0 Å². The molecular weight excluding hydrogens is 440 g/mol. The molecule has 2 aromatic heterocycles. The van der Waals surface area contributed by atoms with Crippen LogP contribution in [0.2, 0.25) is 0 Å². The number of rotatable bonds is 6. The van der Waals surface area contributed by atoms with Crippen LogP contribution in [-0.4, -0.2) is 57.7 Å². The van der Waals surface area contributed by atoms with Gasteiger partial charge in [0.05, 0.1) is 12.7 Å². The molecule has 3 aromatic rings. The number of hydrogen-bond acceptors (Lipinski definition) is 5. The predicted octanol–water partition coefficient (Wildman–Crippen LogP) is 4.59. The number of hydrogen-bond donors (Lipinski definition) is 0. The van der Waals surface area contributed by atoms with E-state index in [0.717, 1.165) is 74.4 Å². The van der Waals surface area contributed by atoms with Crippen molar-refractivity contribution < 1.29 is 14.3 Å². The summed E-state index contributed by atoms with van der Waals surface area (Å²) in [6, 6.07) is 12.5. The molecule has 35 heavy (non-hydrogen) atoms. The molecule has 5 rings (SSSR count). The van der Waals surface area contributed by atoms with Crippen molar-refractivity contribution >= 4 is 17.1 Å². The average molecular weight is 477 g/mol. The summed E-state index contributed by atoms with van der Waals surface area (Å²) in [7, 11) is 1.69. The van der Waals surface area contributed by atoms with Crippen molar-refractivity contribution in [3.05, 3.63) is 54.0 Å². The van der Waals surface area contributed by atoms with Crippen molar-refractivity contribution in [2.24, 2.45) is 5.92 Å². The number of fused-ring (bicyclic) bond motifs is 1. The number of imidazole rings is 1. The normalized spacial score (nSPS) is 20.8. The Balaban J connectivity index is 1.29. The van der Waals surface area contributed by atoms with Gasteiger partial charge in [-0.05, 0) is 75.8 Å². The van der Waals surface area contributed by atoms with E-state index < -0.39 is 0 Å². The number of methoxy groups -OCH3 is 1. The average Bonchev–Trinajstić information content (AvgIpc) is 3.25. The van der Waals surface area contributed by atoms with E-state index in [4.69, 9.17) is 14.5 Å². The van der Waals surface area contributed by atoms with Crippen LogP contribution in [-0.2, 0) is 22.4 Å². The van der Waals surface area contributed by atoms with E-state index in [9.17, 15) is 4.79 Å². The molecule has 0 aliphatic carbocycles. The lowest BCUT2D eigenvalue weighted by molar-refractivity contribution is -0.146. The minimum Gasteiger partial charge on any atom is -0.497 e. The molecular formula is C28H36N4O3. The van der Waals surface area contributed by atoms with Crippen molar-refractivity contribution in [3.8, 4) is 5.75 Å². The second-order valence-electron chi connectivity index (χ2n) is 10.4. The third-order valence-corrected chi connectivity index (χ3v) is 7.51. The summed E-state index contributed by atoms with van der Waals surface area (Å²) in [5.41, 5.74) is 2.95. The van der Waals surface area contributed by atoms with E-state index in [1.165, 1.54) is 5.56 Å². The van der Waals surface area contributed by atoms with Crippen LogP contribution in [0.1, 0.15) is 57.0 Å². The maximum atomic E-state index is 13.2. The molecule has 4 heterocycles. The van der Waals surface area contributed by atoms with Crippen LogP contribution in [0.4, 0.5) is 0 Å². The van der Waals surface area contributed by atoms with Crippen molar-refractivity contribution in [2.75, 3.05) is 26.8 Å². The van der Waals surface area contributed by atoms with Gasteiger partial charge in [0.1, 0.15) is 17.1 Å². The van der Waals surface area contributed by atoms with Gasteiger partial charge in [0.15, 0.2) is 5.65 Å². The zero-order chi connectivity index (χ0) is 24.4. The number of nitrogens with zero attached hydrogens (tertiary/aromatic N) is 4. The summed E-state index contributed by atoms with van der Waals surface area (Å²) < 4.78 is 13.5. The van der Waals surface area contributed by atoms with Crippen molar-refractivity contribution in [1.29, 1.82) is 0 Å². The Morgan fingerprint density at radius 2 is 1.89 bits per heavy atom. The van der Waals surface area contributed by atoms with Gasteiger partial charge in [-0.2, -0.15) is 0 Å². The van der Waals surface area contributed by atoms with E-state index in [-0.39, 0.29) is 11.5 Å². The maximum Gasteiger partial charge on any atom is 0.225 e. The molecule has 2 aliphatic rings. The SMILES string of the molecule is COc1ccc(CCc2nc3cccnc3n2C2CCN(C(=O)C3CCOC(C)(C)C3)CC2)cc1. The Kier molecular flexibility index (Phi) is 6.78. The van der Waals surface area contributed by atoms with Crippen LogP contribution in [0, 0.1) is 5.92 Å². The number of pyridine rings is 1. The lowest BCUT2D eigenvalue weighted by Gasteiger charge is -2.39. The molecule has 0 saturated carbocycles. The number of carbonyl (C=O) groups is 1. The highest BCUT2D eigenvalue weighted by molar-refractivity contribution is 5.79. The Morgan fingerprint density at radius 1 is 1.11 bits per heavy atom. The highest BCUT2D eigenvalue weighted by atomic mass is 16.5. The fourth-order valence-corrected chi connectivity index (χ4v) is 5.63. The first-order chi connectivity index (χ1) is 16.9. The topological polar surface area (TPSA) is 69.5 Å². The monoisotopic (exact) mass is 476 g/mol. The third kappa shape index (κ3) is 5.20. The second-order valence-corrected chi connectivity index (χ2v) is 10.4. The molecule has 7 nitrogen and oxygen atoms in total. The molecule has 0 bridgehead atoms. The number of ether oxygens (including phenoxy) is 2. The Labute approximate surface area is 207 Å². The van der Waals surface area contributed by atoms with Crippen molar-refractivity contribution in [1.82, 2.24) is 19.4 Å². The molecule has 186 valence electrons. The zero-order valence-electron chi connectivity index (χ0n) is 21.1. The standard InChI is InChI=1S/C28H36N4O3/c1-28(2)19-21(14-18-35-28)27(33)31-16-12-22(13-17-31)32-25(30-24-5-4-15-29-26(24)32)11-8-20-6-9-23(34-3)10-7-20/h4-7,9-10,15,21-22H,8,11-14,16-19H2,1-3H3. The van der Waals surface area contributed by atoms with Gasteiger partial charge in [-0.25, -0.2) is 9.97 Å². The van der Waals surface area contributed by atoms with E-state index in [1.54, 1.807) is 7.11 Å². The van der Waals surface area contributed by atoms with Gasteiger partial charge in [-0.1, -0.05) is 12.1 Å². The van der Waals surface area contributed by atoms with E-state index in [1.807, 2.05) is 30.5 Å². The molecule has 1 aromatic carbocycles. The lowest BCUT2D eigenvalue weighted by atomic mass is 9.87. The molecule has 1 atom stereocenters. The number of benzene rings is 1. The van der Waals surface area contributed by atoms with Crippen molar-refractivity contribution in [2.45, 2.75) is 64.0 Å². The van der Waals surface area contributed by atoms with Gasteiger partial charge in [-0.3, -0.25) is 4.79 Å². The van der Waals surface area contributed by atoms with Gasteiger partial charge in [0, 0.05) is 44.3 Å². The highest BCUT2D eigenvalue weighted by Crippen LogP contribution is 2.33. The first-order valence-corrected chi connectivity index (χ1v) is 12.8. The Hall–Kier alpha value is -2.93. The Bertz CT molecular complexity index is 1160. The summed E-state index contributed by atoms with van der Waals surface area (Å²) in [5, 5.41) is 0. The molecule has 2 aliphatic heterocycles. The number of carbonyl (C=O) groups excluding carboxylic acids is 1. The number of amides is 1. The Morgan fingerprint density at radius 3 is 2.60 bits per heavy atom. The number of aryl methyl sites for hydroxylation is 2. The van der Waals surface area contributed by atoms with Gasteiger partial charge < -0.3 is 18.9 Å². The van der Waals surface area contributed by atoms with Crippen LogP contribution in [0.15, 0.2) is 42.6 Å². The van der Waals surface area contributed by atoms with Gasteiger partial charge in [-0.15, -0.1) is 0 Å². The van der Waals surface area contributed by atoms with Crippen LogP contribution in [0.3, 0.4) is 0 Å². The van der Waals surface area contributed by atoms with E-state index >= 15 is 0 Å². The van der Waals surface area contributed by atoms with E-state index in [2.05, 4.69) is 40.4 Å². The molecule has 2 fully saturated rings. The van der Waals surface area contributed by atoms with Gasteiger partial charge in [0.2, 0.25) is 5.91 Å². The predicted molar refractivity (Wildman–Crippen MR) is 136 cm³/mol. The smallest absolute Gasteiger partial charge is 0.225 e. The largest absolute Gasteiger partial charge is 0.497 e. The summed E-state index contributed by atoms with van der Waals surface area (Å²) in [6.07, 6.45) is 7.08. The maximum absolute atomic E-state index is 13.2. The third-order valence-electron chi connectivity index (χ3n) is 7.51. The quantitative estimate of drug-likeness (QED) is 0.520. The summed E-state index contributed by atoms with van der Waals surface area (Å²) in [5.74, 6) is 2.32. The summed E-state index contributed by atoms with van der Waals surface area (Å²) in [4.78, 5) is 25.0. The molecule has 0 N–H and O–H groups in total. The van der Waals surface area contributed by atoms with Gasteiger partial charge >= 0.3 is 0 Å². The van der Waals surface area contributed by atoms with Crippen molar-refractivity contribution in [3.63, 3.8) is 0 Å². The number of aromatic nitrogens is 3. The fraction of sp³-hybridized carbons (Fsp3) is 0.536. The minimum absolute atomic E-state index is 0.0751. The number of likely N-dealkylation sites (tertiary alicyclic amines) is 1. The zero-order valence-corrected chi connectivity index (χ0v) is 21.1. The summed E-state index contributed by atoms with van der Waals surface area (Å²) >= 11 is 0. The minimum atomic E-state index is -0.211. The number of piperidine rings is 1. The molecule has 2 saturated heterocycles. The molecule has 7 heteroatoms. The first kappa shape index (κ1) is 23.8. The van der Waals surface area contributed by atoms with E-state index in [0.29, 0.717) is 18.6 Å². The molecule has 0 radical (unpaired) electrons. The second kappa shape index (κ2) is 9.97. The molecule has 0 spiro atoms. The van der Waals surface area contributed by atoms with Crippen LogP contribution < -0.4 is 4.74 Å². The lowest BCUT2D eigenvalue weighted by Crippen LogP contribution is -2.46. The molecule has 1 unspecified atom stereocenters. The summed E-state index contributed by atoms with van der Waals surface area (Å²) in [6.45, 7) is 6.41. The first-order valence-electron chi connectivity index (χ1n) is 12.8. The van der Waals surface area contributed by atoms with Crippen LogP contribution in [0.5, 0.6) is 5.75 Å². The fourth-order valence-electron chi connectivity index (χ4n) is 5.63.